The smallest absolute Gasteiger partial charge is 0.327 e. The van der Waals surface area contributed by atoms with Gasteiger partial charge in [-0.25, -0.2) is 10.3 Å². The third-order valence-electron chi connectivity index (χ3n) is 2.24. The first-order valence-electron chi connectivity index (χ1n) is 4.69. The van der Waals surface area contributed by atoms with Crippen LogP contribution in [0.4, 0.5) is 0 Å². The van der Waals surface area contributed by atoms with Crippen LogP contribution in [-0.2, 0) is 15.1 Å². The summed E-state index contributed by atoms with van der Waals surface area (Å²) in [6, 6.07) is 7.44. The van der Waals surface area contributed by atoms with Crippen molar-refractivity contribution in [2.45, 2.75) is 6.04 Å². The van der Waals surface area contributed by atoms with Crippen LogP contribution < -0.4 is 5.32 Å². The van der Waals surface area contributed by atoms with Gasteiger partial charge < -0.3 is 5.11 Å². The molecule has 6 nitrogen and oxygen atoms in total. The number of aliphatic imine (C=N–C) groups is 1. The van der Waals surface area contributed by atoms with Crippen molar-refractivity contribution in [3.8, 4) is 0 Å². The molecule has 0 spiro atoms. The third kappa shape index (κ3) is 2.24. The van der Waals surface area contributed by atoms with Gasteiger partial charge in [0, 0.05) is 0 Å². The molecule has 0 fully saturated rings. The van der Waals surface area contributed by atoms with Crippen LogP contribution in [0.1, 0.15) is 5.56 Å². The van der Waals surface area contributed by atoms with Crippen LogP contribution in [-0.4, -0.2) is 36.4 Å². The zero-order valence-electron chi connectivity index (χ0n) is 8.49. The molecule has 88 valence electrons. The van der Waals surface area contributed by atoms with Gasteiger partial charge in [0.05, 0.1) is 5.71 Å². The minimum Gasteiger partial charge on any atom is -0.480 e. The molecule has 2 N–H and O–H groups in total. The average molecular weight is 252 g/mol. The van der Waals surface area contributed by atoms with Crippen molar-refractivity contribution < 1.29 is 18.3 Å². The largest absolute Gasteiger partial charge is 0.480 e. The molecular weight excluding hydrogens is 244 g/mol. The molecule has 1 aliphatic heterocycles. The van der Waals surface area contributed by atoms with Gasteiger partial charge in [-0.1, -0.05) is 30.3 Å². The molecule has 1 aliphatic rings. The second-order valence-electron chi connectivity index (χ2n) is 3.32. The Balaban J connectivity index is 2.53. The second kappa shape index (κ2) is 4.48. The fraction of sp³-hybridized carbons (Fsp3) is 0.100. The summed E-state index contributed by atoms with van der Waals surface area (Å²) >= 11 is 0. The van der Waals surface area contributed by atoms with Crippen LogP contribution in [0.3, 0.4) is 0 Å². The van der Waals surface area contributed by atoms with Gasteiger partial charge in [-0.15, -0.1) is 0 Å². The lowest BCUT2D eigenvalue weighted by atomic mass is 10.0. The molecule has 0 amide bonds. The Hall–Kier alpha value is -1.99. The summed E-state index contributed by atoms with van der Waals surface area (Å²) in [5.74, 6) is -1.17. The number of aliphatic carboxylic acids is 1. The Kier molecular flexibility index (Phi) is 3.03. The predicted molar refractivity (Wildman–Crippen MR) is 61.5 cm³/mol. The van der Waals surface area contributed by atoms with Crippen molar-refractivity contribution >= 4 is 27.1 Å². The van der Waals surface area contributed by atoms with E-state index in [9.17, 15) is 13.2 Å². The van der Waals surface area contributed by atoms with Gasteiger partial charge >= 0.3 is 5.97 Å². The van der Waals surface area contributed by atoms with Gasteiger partial charge in [-0.05, 0) is 5.56 Å². The molecule has 7 heteroatoms. The average Bonchev–Trinajstić information content (AvgIpc) is 2.75. The maximum absolute atomic E-state index is 11.0. The number of carboxylic acids is 1. The van der Waals surface area contributed by atoms with Crippen molar-refractivity contribution in [2.75, 3.05) is 0 Å². The predicted octanol–water partition coefficient (Wildman–Crippen LogP) is -0.501. The normalized spacial score (nSPS) is 18.9. The lowest BCUT2D eigenvalue weighted by molar-refractivity contribution is -0.137. The lowest BCUT2D eigenvalue weighted by Gasteiger charge is -2.07. The second-order valence-corrected chi connectivity index (χ2v) is 4.17. The van der Waals surface area contributed by atoms with Gasteiger partial charge in [0.1, 0.15) is 0 Å². The van der Waals surface area contributed by atoms with Crippen LogP contribution in [0.5, 0.6) is 0 Å². The minimum atomic E-state index is -2.57. The van der Waals surface area contributed by atoms with Gasteiger partial charge in [0.15, 0.2) is 6.04 Å². The number of benzene rings is 1. The number of hydrogen-bond donors (Lipinski definition) is 2. The van der Waals surface area contributed by atoms with Crippen molar-refractivity contribution in [3.63, 3.8) is 0 Å². The quantitative estimate of drug-likeness (QED) is 0.692. The maximum atomic E-state index is 11.0. The molecule has 0 bridgehead atoms. The summed E-state index contributed by atoms with van der Waals surface area (Å²) < 4.78 is 21.5. The van der Waals surface area contributed by atoms with E-state index in [1.54, 1.807) is 30.3 Å². The Morgan fingerprint density at radius 1 is 1.29 bits per heavy atom. The molecule has 17 heavy (non-hydrogen) atoms. The van der Waals surface area contributed by atoms with Crippen molar-refractivity contribution in [3.05, 3.63) is 35.9 Å². The first-order chi connectivity index (χ1) is 8.09. The third-order valence-corrected chi connectivity index (χ3v) is 2.76. The van der Waals surface area contributed by atoms with Gasteiger partial charge in [-0.2, -0.15) is 8.42 Å². The Bertz CT molecular complexity index is 611. The summed E-state index contributed by atoms with van der Waals surface area (Å²) in [6.07, 6.45) is 0. The highest BCUT2D eigenvalue weighted by molar-refractivity contribution is 7.72. The Morgan fingerprint density at radius 2 is 1.94 bits per heavy atom. The van der Waals surface area contributed by atoms with Crippen LogP contribution in [0.15, 0.2) is 35.3 Å². The standard InChI is InChI=1S/C10H8N2O4S/c13-9(14)8-7(6-4-2-1-3-5-6)11-10(12-8)17(15)16/h1-5,8,12H,(H,13,14). The van der Waals surface area contributed by atoms with E-state index in [4.69, 9.17) is 5.11 Å². The SMILES string of the molecule is O=C(O)C1NC(=S(=O)=O)N=C1c1ccccc1. The summed E-state index contributed by atoms with van der Waals surface area (Å²) in [4.78, 5) is 14.8. The van der Waals surface area contributed by atoms with Crippen molar-refractivity contribution in [1.82, 2.24) is 5.32 Å². The number of carboxylic acid groups (broad SMARTS) is 1. The van der Waals surface area contributed by atoms with E-state index < -0.39 is 22.3 Å². The monoisotopic (exact) mass is 252 g/mol. The van der Waals surface area contributed by atoms with E-state index in [2.05, 4.69) is 10.3 Å². The van der Waals surface area contributed by atoms with Crippen LogP contribution in [0, 0.1) is 0 Å². The van der Waals surface area contributed by atoms with Crippen LogP contribution in [0.25, 0.3) is 0 Å². The molecule has 1 unspecified atom stereocenters. The van der Waals surface area contributed by atoms with Crippen LogP contribution in [0.2, 0.25) is 0 Å². The molecule has 1 heterocycles. The molecule has 0 radical (unpaired) electrons. The van der Waals surface area contributed by atoms with Crippen molar-refractivity contribution in [2.24, 2.45) is 4.99 Å². The zero-order valence-corrected chi connectivity index (χ0v) is 9.31. The van der Waals surface area contributed by atoms with Gasteiger partial charge in [-0.3, -0.25) is 4.79 Å². The molecule has 0 saturated heterocycles. The first-order valence-corrected chi connectivity index (χ1v) is 5.76. The Morgan fingerprint density at radius 3 is 2.47 bits per heavy atom. The number of nitrogens with zero attached hydrogens (tertiary/aromatic N) is 1. The zero-order chi connectivity index (χ0) is 12.4. The fourth-order valence-corrected chi connectivity index (χ4v) is 1.89. The number of nitrogens with one attached hydrogen (secondary N) is 1. The molecular formula is C10H8N2O4S. The van der Waals surface area contributed by atoms with Crippen LogP contribution >= 0.6 is 0 Å². The highest BCUT2D eigenvalue weighted by Gasteiger charge is 2.32. The maximum Gasteiger partial charge on any atom is 0.327 e. The highest BCUT2D eigenvalue weighted by Crippen LogP contribution is 2.10. The highest BCUT2D eigenvalue weighted by atomic mass is 32.2. The summed E-state index contributed by atoms with van der Waals surface area (Å²) in [7, 11) is -2.57. The first kappa shape index (κ1) is 11.5. The number of hydrogen-bond acceptors (Lipinski definition) is 3. The van der Waals surface area contributed by atoms with E-state index in [0.29, 0.717) is 5.56 Å². The summed E-state index contributed by atoms with van der Waals surface area (Å²) in [5, 5.41) is 11.0. The summed E-state index contributed by atoms with van der Waals surface area (Å²) in [5.41, 5.74) is 0.769. The van der Waals surface area contributed by atoms with E-state index in [-0.39, 0.29) is 10.8 Å². The van der Waals surface area contributed by atoms with E-state index in [0.717, 1.165) is 0 Å². The molecule has 0 aromatic heterocycles. The molecule has 1 aromatic rings. The topological polar surface area (TPSA) is 95.8 Å². The van der Waals surface area contributed by atoms with Crippen molar-refractivity contribution in [1.29, 1.82) is 0 Å². The molecule has 0 aliphatic carbocycles. The lowest BCUT2D eigenvalue weighted by Crippen LogP contribution is -2.40. The molecule has 0 saturated carbocycles. The van der Waals surface area contributed by atoms with E-state index in [1.165, 1.54) is 0 Å². The van der Waals surface area contributed by atoms with Gasteiger partial charge in [0.2, 0.25) is 5.11 Å². The van der Waals surface area contributed by atoms with Gasteiger partial charge in [0.25, 0.3) is 10.3 Å². The fourth-order valence-electron chi connectivity index (χ4n) is 1.50. The summed E-state index contributed by atoms with van der Waals surface area (Å²) in [6.45, 7) is 0. The Labute approximate surface area is 98.1 Å². The number of carbonyl (C=O) groups is 1. The molecule has 1 aromatic carbocycles. The molecule has 1 atom stereocenters. The van der Waals surface area contributed by atoms with E-state index in [1.807, 2.05) is 0 Å². The number of rotatable bonds is 2. The molecule has 2 rings (SSSR count). The minimum absolute atomic E-state index is 0.192. The van der Waals surface area contributed by atoms with E-state index >= 15 is 0 Å².